The molecule has 7 heteroatoms. The van der Waals surface area contributed by atoms with Crippen molar-refractivity contribution in [3.05, 3.63) is 42.2 Å². The maximum absolute atomic E-state index is 12.9. The summed E-state index contributed by atoms with van der Waals surface area (Å²) in [6.45, 7) is 2.72. The maximum Gasteiger partial charge on any atom is 0.254 e. The molecule has 1 fully saturated rings. The zero-order valence-corrected chi connectivity index (χ0v) is 13.3. The summed E-state index contributed by atoms with van der Waals surface area (Å²) in [6.07, 6.45) is 4.40. The fourth-order valence-corrected chi connectivity index (χ4v) is 3.02. The lowest BCUT2D eigenvalue weighted by atomic mass is 10.1. The van der Waals surface area contributed by atoms with Crippen molar-refractivity contribution in [2.45, 2.75) is 19.1 Å². The van der Waals surface area contributed by atoms with Crippen LogP contribution in [0.15, 0.2) is 36.7 Å². The van der Waals surface area contributed by atoms with Gasteiger partial charge >= 0.3 is 0 Å². The fraction of sp³-hybridized carbons (Fsp3) is 0.412. The monoisotopic (exact) mass is 329 g/mol. The first kappa shape index (κ1) is 15.0. The zero-order chi connectivity index (χ0) is 16.4. The molecule has 0 aliphatic carbocycles. The van der Waals surface area contributed by atoms with Crippen LogP contribution in [0.5, 0.6) is 11.5 Å². The fourth-order valence-electron chi connectivity index (χ4n) is 3.02. The van der Waals surface area contributed by atoms with Crippen molar-refractivity contribution < 1.29 is 19.0 Å². The van der Waals surface area contributed by atoms with Crippen LogP contribution in [0.2, 0.25) is 0 Å². The van der Waals surface area contributed by atoms with Gasteiger partial charge in [0.25, 0.3) is 5.91 Å². The number of amides is 1. The molecule has 1 aromatic carbocycles. The third-order valence-corrected chi connectivity index (χ3v) is 4.21. The minimum Gasteiger partial charge on any atom is -0.454 e. The molecular weight excluding hydrogens is 310 g/mol. The maximum atomic E-state index is 12.9. The number of fused-ring (bicyclic) bond motifs is 1. The van der Waals surface area contributed by atoms with Gasteiger partial charge in [-0.2, -0.15) is 5.10 Å². The molecule has 0 spiro atoms. The van der Waals surface area contributed by atoms with E-state index in [0.717, 1.165) is 6.42 Å². The van der Waals surface area contributed by atoms with Crippen LogP contribution >= 0.6 is 0 Å². The van der Waals surface area contributed by atoms with Crippen molar-refractivity contribution in [2.24, 2.45) is 0 Å². The first-order valence-corrected chi connectivity index (χ1v) is 8.07. The summed E-state index contributed by atoms with van der Waals surface area (Å²) in [5.41, 5.74) is 0.610. The highest BCUT2D eigenvalue weighted by Gasteiger charge is 2.25. The van der Waals surface area contributed by atoms with Crippen LogP contribution in [-0.2, 0) is 11.3 Å². The van der Waals surface area contributed by atoms with E-state index in [0.29, 0.717) is 43.3 Å². The van der Waals surface area contributed by atoms with E-state index in [1.807, 2.05) is 21.8 Å². The van der Waals surface area contributed by atoms with Crippen molar-refractivity contribution >= 4 is 5.91 Å². The SMILES string of the molecule is O=C(c1ccc2c(c1)OCO2)N1CCCOC(Cn2cccn2)C1. The van der Waals surface area contributed by atoms with E-state index in [-0.39, 0.29) is 18.8 Å². The molecule has 1 amide bonds. The Hall–Kier alpha value is -2.54. The van der Waals surface area contributed by atoms with Gasteiger partial charge in [-0.1, -0.05) is 0 Å². The van der Waals surface area contributed by atoms with Crippen molar-refractivity contribution in [3.8, 4) is 11.5 Å². The molecule has 7 nitrogen and oxygen atoms in total. The van der Waals surface area contributed by atoms with E-state index in [1.54, 1.807) is 24.4 Å². The molecule has 1 atom stereocenters. The number of carbonyl (C=O) groups is 1. The Bertz CT molecular complexity index is 717. The minimum absolute atomic E-state index is 0.00994. The second kappa shape index (κ2) is 6.52. The molecular formula is C17H19N3O4. The summed E-state index contributed by atoms with van der Waals surface area (Å²) in [5.74, 6) is 1.30. The molecule has 2 aliphatic heterocycles. The lowest BCUT2D eigenvalue weighted by Crippen LogP contribution is -2.38. The summed E-state index contributed by atoms with van der Waals surface area (Å²) in [7, 11) is 0. The highest BCUT2D eigenvalue weighted by Crippen LogP contribution is 2.32. The number of benzene rings is 1. The molecule has 0 saturated carbocycles. The van der Waals surface area contributed by atoms with Gasteiger partial charge in [0.1, 0.15) is 0 Å². The van der Waals surface area contributed by atoms with Crippen LogP contribution in [0.25, 0.3) is 0 Å². The quantitative estimate of drug-likeness (QED) is 0.855. The van der Waals surface area contributed by atoms with Crippen LogP contribution < -0.4 is 9.47 Å². The predicted molar refractivity (Wildman–Crippen MR) is 85.1 cm³/mol. The van der Waals surface area contributed by atoms with Crippen molar-refractivity contribution in [3.63, 3.8) is 0 Å². The lowest BCUT2D eigenvalue weighted by molar-refractivity contribution is 0.0367. The molecule has 0 N–H and O–H groups in total. The Balaban J connectivity index is 1.48. The van der Waals surface area contributed by atoms with Crippen LogP contribution in [0, 0.1) is 0 Å². The largest absolute Gasteiger partial charge is 0.454 e. The van der Waals surface area contributed by atoms with Crippen molar-refractivity contribution in [2.75, 3.05) is 26.5 Å². The second-order valence-corrected chi connectivity index (χ2v) is 5.89. The van der Waals surface area contributed by atoms with E-state index in [9.17, 15) is 4.79 Å². The van der Waals surface area contributed by atoms with E-state index in [2.05, 4.69) is 5.10 Å². The third-order valence-electron chi connectivity index (χ3n) is 4.21. The molecule has 0 bridgehead atoms. The number of hydrogen-bond donors (Lipinski definition) is 0. The van der Waals surface area contributed by atoms with Gasteiger partial charge in [-0.25, -0.2) is 0 Å². The Labute approximate surface area is 139 Å². The van der Waals surface area contributed by atoms with Gasteiger partial charge in [0.15, 0.2) is 11.5 Å². The predicted octanol–water partition coefficient (Wildman–Crippen LogP) is 1.54. The van der Waals surface area contributed by atoms with Gasteiger partial charge in [-0.15, -0.1) is 0 Å². The molecule has 24 heavy (non-hydrogen) atoms. The van der Waals surface area contributed by atoms with Crippen LogP contribution in [0.1, 0.15) is 16.8 Å². The van der Waals surface area contributed by atoms with Gasteiger partial charge in [0.2, 0.25) is 6.79 Å². The molecule has 3 heterocycles. The molecule has 1 aromatic heterocycles. The highest BCUT2D eigenvalue weighted by atomic mass is 16.7. The molecule has 0 radical (unpaired) electrons. The molecule has 1 saturated heterocycles. The Morgan fingerprint density at radius 1 is 1.29 bits per heavy atom. The van der Waals surface area contributed by atoms with Crippen molar-refractivity contribution in [1.82, 2.24) is 14.7 Å². The number of nitrogens with zero attached hydrogens (tertiary/aromatic N) is 3. The molecule has 4 rings (SSSR count). The lowest BCUT2D eigenvalue weighted by Gasteiger charge is -2.24. The third kappa shape index (κ3) is 3.07. The average molecular weight is 329 g/mol. The van der Waals surface area contributed by atoms with Gasteiger partial charge in [0.05, 0.1) is 12.6 Å². The Morgan fingerprint density at radius 3 is 3.08 bits per heavy atom. The van der Waals surface area contributed by atoms with E-state index >= 15 is 0 Å². The first-order chi connectivity index (χ1) is 11.8. The smallest absolute Gasteiger partial charge is 0.254 e. The Kier molecular flexibility index (Phi) is 4.08. The van der Waals surface area contributed by atoms with Gasteiger partial charge in [0, 0.05) is 37.7 Å². The van der Waals surface area contributed by atoms with E-state index in [1.165, 1.54) is 0 Å². The van der Waals surface area contributed by atoms with Crippen LogP contribution in [0.3, 0.4) is 0 Å². The minimum atomic E-state index is -0.0645. The molecule has 2 aliphatic rings. The number of carbonyl (C=O) groups excluding carboxylic acids is 1. The zero-order valence-electron chi connectivity index (χ0n) is 13.3. The standard InChI is InChI=1S/C17H19N3O4/c21-17(13-3-4-15-16(9-13)24-12-23-15)19-6-2-8-22-14(10-19)11-20-7-1-5-18-20/h1,3-5,7,9,14H,2,6,8,10-12H2. The average Bonchev–Trinajstić information content (AvgIpc) is 3.22. The summed E-state index contributed by atoms with van der Waals surface area (Å²) in [6, 6.07) is 7.19. The first-order valence-electron chi connectivity index (χ1n) is 8.07. The number of rotatable bonds is 3. The summed E-state index contributed by atoms with van der Waals surface area (Å²) in [5, 5.41) is 4.21. The molecule has 2 aromatic rings. The van der Waals surface area contributed by atoms with Gasteiger partial charge in [-0.05, 0) is 30.7 Å². The van der Waals surface area contributed by atoms with Crippen LogP contribution in [-0.4, -0.2) is 53.2 Å². The van der Waals surface area contributed by atoms with Gasteiger partial charge in [-0.3, -0.25) is 9.48 Å². The van der Waals surface area contributed by atoms with Crippen LogP contribution in [0.4, 0.5) is 0 Å². The molecule has 1 unspecified atom stereocenters. The Morgan fingerprint density at radius 2 is 2.21 bits per heavy atom. The number of ether oxygens (including phenoxy) is 3. The van der Waals surface area contributed by atoms with Gasteiger partial charge < -0.3 is 19.1 Å². The van der Waals surface area contributed by atoms with Crippen molar-refractivity contribution in [1.29, 1.82) is 0 Å². The second-order valence-electron chi connectivity index (χ2n) is 5.89. The topological polar surface area (TPSA) is 65.8 Å². The summed E-state index contributed by atoms with van der Waals surface area (Å²) < 4.78 is 18.4. The summed E-state index contributed by atoms with van der Waals surface area (Å²) >= 11 is 0. The highest BCUT2D eigenvalue weighted by molar-refractivity contribution is 5.95. The summed E-state index contributed by atoms with van der Waals surface area (Å²) in [4.78, 5) is 14.7. The normalized spacial score (nSPS) is 20.0. The van der Waals surface area contributed by atoms with E-state index < -0.39 is 0 Å². The molecule has 126 valence electrons. The van der Waals surface area contributed by atoms with E-state index in [4.69, 9.17) is 14.2 Å². The number of hydrogen-bond acceptors (Lipinski definition) is 5. The number of aromatic nitrogens is 2.